The van der Waals surface area contributed by atoms with E-state index in [1.54, 1.807) is 30.3 Å². The minimum absolute atomic E-state index is 0.293. The number of hydrogen-bond acceptors (Lipinski definition) is 4. The van der Waals surface area contributed by atoms with Crippen LogP contribution in [-0.2, 0) is 6.42 Å². The number of aromatic nitrogens is 2. The van der Waals surface area contributed by atoms with E-state index in [9.17, 15) is 4.79 Å². The first kappa shape index (κ1) is 16.5. The van der Waals surface area contributed by atoms with Crippen molar-refractivity contribution in [2.45, 2.75) is 13.3 Å². The van der Waals surface area contributed by atoms with Gasteiger partial charge in [0.15, 0.2) is 0 Å². The molecule has 0 spiro atoms. The molecular weight excluding hydrogens is 349 g/mol. The molecule has 7 heteroatoms. The molecule has 0 unspecified atom stereocenters. The molecule has 5 nitrogen and oxygen atoms in total. The quantitative estimate of drug-likeness (QED) is 0.720. The van der Waals surface area contributed by atoms with Crippen LogP contribution in [0, 0.1) is 0 Å². The molecule has 0 fully saturated rings. The van der Waals surface area contributed by atoms with Crippen LogP contribution >= 0.6 is 23.2 Å². The lowest BCUT2D eigenvalue weighted by molar-refractivity contribution is 0.102. The summed E-state index contributed by atoms with van der Waals surface area (Å²) in [5, 5.41) is 7.49. The van der Waals surface area contributed by atoms with Gasteiger partial charge >= 0.3 is 0 Å². The van der Waals surface area contributed by atoms with E-state index in [0.717, 1.165) is 5.56 Å². The van der Waals surface area contributed by atoms with Crippen LogP contribution in [0.25, 0.3) is 11.4 Å². The van der Waals surface area contributed by atoms with E-state index in [-0.39, 0.29) is 5.91 Å². The molecular formula is C17H13Cl2N3O2. The van der Waals surface area contributed by atoms with Gasteiger partial charge in [-0.2, -0.15) is 4.98 Å². The summed E-state index contributed by atoms with van der Waals surface area (Å²) in [6, 6.07) is 11.9. The van der Waals surface area contributed by atoms with Crippen LogP contribution in [0.1, 0.15) is 23.2 Å². The smallest absolute Gasteiger partial charge is 0.257 e. The molecule has 1 heterocycles. The Balaban J connectivity index is 1.82. The van der Waals surface area contributed by atoms with Gasteiger partial charge in [0.05, 0.1) is 10.6 Å². The summed E-state index contributed by atoms with van der Waals surface area (Å²) in [5.41, 5.74) is 1.70. The Morgan fingerprint density at radius 3 is 2.75 bits per heavy atom. The SMILES string of the molecule is CCc1nc(-c2cccc(NC(=O)c3ccc(Cl)cc3Cl)c2)no1. The van der Waals surface area contributed by atoms with Crippen molar-refractivity contribution in [3.63, 3.8) is 0 Å². The third-order valence-electron chi connectivity index (χ3n) is 3.32. The standard InChI is InChI=1S/C17H13Cl2N3O2/c1-2-15-21-16(22-24-15)10-4-3-5-12(8-10)20-17(23)13-7-6-11(18)9-14(13)19/h3-9H,2H2,1H3,(H,20,23). The number of rotatable bonds is 4. The molecule has 24 heavy (non-hydrogen) atoms. The van der Waals surface area contributed by atoms with Gasteiger partial charge in [-0.3, -0.25) is 4.79 Å². The number of carbonyl (C=O) groups is 1. The van der Waals surface area contributed by atoms with Gasteiger partial charge in [-0.1, -0.05) is 47.4 Å². The highest BCUT2D eigenvalue weighted by Crippen LogP contribution is 2.24. The summed E-state index contributed by atoms with van der Waals surface area (Å²) >= 11 is 11.9. The Bertz CT molecular complexity index is 893. The monoisotopic (exact) mass is 361 g/mol. The van der Waals surface area contributed by atoms with Gasteiger partial charge < -0.3 is 9.84 Å². The van der Waals surface area contributed by atoms with Crippen molar-refractivity contribution >= 4 is 34.8 Å². The van der Waals surface area contributed by atoms with E-state index in [2.05, 4.69) is 15.5 Å². The van der Waals surface area contributed by atoms with Crippen LogP contribution in [0.5, 0.6) is 0 Å². The van der Waals surface area contributed by atoms with Crippen molar-refractivity contribution in [1.29, 1.82) is 0 Å². The number of benzene rings is 2. The fourth-order valence-electron chi connectivity index (χ4n) is 2.12. The number of halogens is 2. The molecule has 122 valence electrons. The molecule has 1 N–H and O–H groups in total. The maximum Gasteiger partial charge on any atom is 0.257 e. The maximum absolute atomic E-state index is 12.4. The zero-order valence-corrected chi connectivity index (χ0v) is 14.2. The maximum atomic E-state index is 12.4. The van der Waals surface area contributed by atoms with Gasteiger partial charge in [-0.25, -0.2) is 0 Å². The Labute approximate surface area is 148 Å². The van der Waals surface area contributed by atoms with E-state index in [4.69, 9.17) is 27.7 Å². The molecule has 0 aliphatic carbocycles. The molecule has 3 aromatic rings. The molecule has 0 bridgehead atoms. The molecule has 0 atom stereocenters. The predicted molar refractivity (Wildman–Crippen MR) is 93.5 cm³/mol. The second-order valence-corrected chi connectivity index (χ2v) is 5.87. The van der Waals surface area contributed by atoms with Crippen LogP contribution in [0.4, 0.5) is 5.69 Å². The van der Waals surface area contributed by atoms with Crippen LogP contribution in [-0.4, -0.2) is 16.0 Å². The number of carbonyl (C=O) groups excluding carboxylic acids is 1. The van der Waals surface area contributed by atoms with Crippen molar-refractivity contribution in [1.82, 2.24) is 10.1 Å². The highest BCUT2D eigenvalue weighted by atomic mass is 35.5. The fourth-order valence-corrected chi connectivity index (χ4v) is 2.62. The number of hydrogen-bond donors (Lipinski definition) is 1. The summed E-state index contributed by atoms with van der Waals surface area (Å²) in [6.45, 7) is 1.93. The lowest BCUT2D eigenvalue weighted by Gasteiger charge is -2.08. The Morgan fingerprint density at radius 2 is 2.04 bits per heavy atom. The van der Waals surface area contributed by atoms with Crippen LogP contribution in [0.15, 0.2) is 47.0 Å². The van der Waals surface area contributed by atoms with Crippen molar-refractivity contribution in [2.75, 3.05) is 5.32 Å². The molecule has 3 rings (SSSR count). The minimum Gasteiger partial charge on any atom is -0.339 e. The second kappa shape index (κ2) is 7.03. The van der Waals surface area contributed by atoms with E-state index >= 15 is 0 Å². The van der Waals surface area contributed by atoms with Crippen LogP contribution in [0.2, 0.25) is 10.0 Å². The minimum atomic E-state index is -0.323. The van der Waals surface area contributed by atoms with E-state index in [1.807, 2.05) is 13.0 Å². The predicted octanol–water partition coefficient (Wildman–Crippen LogP) is 4.86. The third-order valence-corrected chi connectivity index (χ3v) is 3.87. The molecule has 1 aromatic heterocycles. The van der Waals surface area contributed by atoms with Crippen molar-refractivity contribution in [3.05, 3.63) is 64.0 Å². The zero-order chi connectivity index (χ0) is 17.1. The average molecular weight is 362 g/mol. The summed E-state index contributed by atoms with van der Waals surface area (Å²) in [4.78, 5) is 16.6. The van der Waals surface area contributed by atoms with E-state index in [1.165, 1.54) is 6.07 Å². The number of aryl methyl sites for hydroxylation is 1. The normalized spacial score (nSPS) is 10.6. The summed E-state index contributed by atoms with van der Waals surface area (Å²) in [5.74, 6) is 0.719. The van der Waals surface area contributed by atoms with Gasteiger partial charge in [0.2, 0.25) is 11.7 Å². The van der Waals surface area contributed by atoms with E-state index in [0.29, 0.717) is 39.4 Å². The molecule has 1 amide bonds. The lowest BCUT2D eigenvalue weighted by atomic mass is 10.1. The van der Waals surface area contributed by atoms with Gasteiger partial charge in [0.1, 0.15) is 0 Å². The summed E-state index contributed by atoms with van der Waals surface area (Å²) in [6.07, 6.45) is 0.665. The molecule has 0 aliphatic heterocycles. The van der Waals surface area contributed by atoms with E-state index < -0.39 is 0 Å². The highest BCUT2D eigenvalue weighted by molar-refractivity contribution is 6.37. The Morgan fingerprint density at radius 1 is 1.21 bits per heavy atom. The number of amides is 1. The largest absolute Gasteiger partial charge is 0.339 e. The molecule has 2 aromatic carbocycles. The zero-order valence-electron chi connectivity index (χ0n) is 12.7. The van der Waals surface area contributed by atoms with Crippen molar-refractivity contribution in [2.24, 2.45) is 0 Å². The Hall–Kier alpha value is -2.37. The fraction of sp³-hybridized carbons (Fsp3) is 0.118. The molecule has 0 saturated carbocycles. The van der Waals surface area contributed by atoms with Gasteiger partial charge in [0.25, 0.3) is 5.91 Å². The van der Waals surface area contributed by atoms with Gasteiger partial charge in [0, 0.05) is 22.7 Å². The average Bonchev–Trinajstić information content (AvgIpc) is 3.04. The lowest BCUT2D eigenvalue weighted by Crippen LogP contribution is -2.12. The first-order valence-corrected chi connectivity index (χ1v) is 8.02. The Kier molecular flexibility index (Phi) is 4.83. The molecule has 0 saturated heterocycles. The third kappa shape index (κ3) is 3.58. The number of nitrogens with one attached hydrogen (secondary N) is 1. The number of anilines is 1. The first-order chi connectivity index (χ1) is 11.6. The van der Waals surface area contributed by atoms with Crippen molar-refractivity contribution < 1.29 is 9.32 Å². The van der Waals surface area contributed by atoms with Crippen molar-refractivity contribution in [3.8, 4) is 11.4 Å². The molecule has 0 aliphatic rings. The first-order valence-electron chi connectivity index (χ1n) is 7.26. The highest BCUT2D eigenvalue weighted by Gasteiger charge is 2.12. The second-order valence-electron chi connectivity index (χ2n) is 5.02. The van der Waals surface area contributed by atoms with Gasteiger partial charge in [-0.05, 0) is 30.3 Å². The summed E-state index contributed by atoms with van der Waals surface area (Å²) < 4.78 is 5.11. The van der Waals surface area contributed by atoms with Crippen LogP contribution in [0.3, 0.4) is 0 Å². The van der Waals surface area contributed by atoms with Crippen LogP contribution < -0.4 is 5.32 Å². The number of nitrogens with zero attached hydrogens (tertiary/aromatic N) is 2. The molecule has 0 radical (unpaired) electrons. The summed E-state index contributed by atoms with van der Waals surface area (Å²) in [7, 11) is 0. The topological polar surface area (TPSA) is 68.0 Å². The van der Waals surface area contributed by atoms with Gasteiger partial charge in [-0.15, -0.1) is 0 Å².